The fraction of sp³-hybridized carbons (Fsp3) is 0.211. The summed E-state index contributed by atoms with van der Waals surface area (Å²) in [7, 11) is 0. The first-order valence-electron chi connectivity index (χ1n) is 8.04. The summed E-state index contributed by atoms with van der Waals surface area (Å²) in [6, 6.07) is 14.4. The minimum atomic E-state index is -0.213. The van der Waals surface area contributed by atoms with Crippen LogP contribution in [-0.4, -0.2) is 15.2 Å². The molecule has 1 saturated carbocycles. The van der Waals surface area contributed by atoms with Gasteiger partial charge in [0, 0.05) is 18.0 Å². The molecule has 0 bridgehead atoms. The van der Waals surface area contributed by atoms with Crippen molar-refractivity contribution in [2.45, 2.75) is 24.8 Å². The van der Waals surface area contributed by atoms with Gasteiger partial charge in [0.2, 0.25) is 0 Å². The molecule has 1 aliphatic carbocycles. The van der Waals surface area contributed by atoms with E-state index in [0.717, 1.165) is 41.9 Å². The van der Waals surface area contributed by atoms with Crippen molar-refractivity contribution in [2.24, 2.45) is 0 Å². The van der Waals surface area contributed by atoms with Gasteiger partial charge in [-0.05, 0) is 61.2 Å². The Morgan fingerprint density at radius 2 is 1.62 bits per heavy atom. The van der Waals surface area contributed by atoms with Gasteiger partial charge in [0.1, 0.15) is 11.6 Å². The van der Waals surface area contributed by atoms with Gasteiger partial charge in [0.25, 0.3) is 0 Å². The SMILES string of the molecule is Fc1ccc(C2(Nc3ccc(-c4ccncc4)nn3)CCC2)cc1. The molecule has 0 aliphatic heterocycles. The first-order chi connectivity index (χ1) is 11.8. The van der Waals surface area contributed by atoms with Gasteiger partial charge in [-0.25, -0.2) is 4.39 Å². The molecule has 3 aromatic rings. The molecule has 5 heteroatoms. The number of hydrogen-bond acceptors (Lipinski definition) is 4. The molecule has 0 spiro atoms. The van der Waals surface area contributed by atoms with Crippen molar-refractivity contribution in [2.75, 3.05) is 5.32 Å². The number of rotatable bonds is 4. The third kappa shape index (κ3) is 2.73. The number of hydrogen-bond donors (Lipinski definition) is 1. The van der Waals surface area contributed by atoms with Gasteiger partial charge in [0.05, 0.1) is 11.2 Å². The Morgan fingerprint density at radius 3 is 2.21 bits per heavy atom. The van der Waals surface area contributed by atoms with Crippen LogP contribution < -0.4 is 5.32 Å². The van der Waals surface area contributed by atoms with E-state index < -0.39 is 0 Å². The van der Waals surface area contributed by atoms with Crippen LogP contribution >= 0.6 is 0 Å². The van der Waals surface area contributed by atoms with E-state index in [4.69, 9.17) is 0 Å². The van der Waals surface area contributed by atoms with Crippen molar-refractivity contribution < 1.29 is 4.39 Å². The molecule has 0 amide bonds. The molecule has 0 atom stereocenters. The molecule has 0 saturated heterocycles. The molecule has 0 radical (unpaired) electrons. The normalized spacial score (nSPS) is 15.5. The second-order valence-corrected chi connectivity index (χ2v) is 6.11. The van der Waals surface area contributed by atoms with Gasteiger partial charge in [-0.15, -0.1) is 10.2 Å². The van der Waals surface area contributed by atoms with Crippen molar-refractivity contribution in [1.82, 2.24) is 15.2 Å². The summed E-state index contributed by atoms with van der Waals surface area (Å²) in [4.78, 5) is 4.01. The lowest BCUT2D eigenvalue weighted by molar-refractivity contribution is 0.283. The number of benzene rings is 1. The zero-order chi connectivity index (χ0) is 16.4. The number of halogens is 1. The smallest absolute Gasteiger partial charge is 0.149 e. The quantitative estimate of drug-likeness (QED) is 0.784. The van der Waals surface area contributed by atoms with Crippen LogP contribution in [0.2, 0.25) is 0 Å². The highest BCUT2D eigenvalue weighted by Crippen LogP contribution is 2.43. The van der Waals surface area contributed by atoms with Crippen molar-refractivity contribution in [3.05, 3.63) is 72.3 Å². The Labute approximate surface area is 139 Å². The van der Waals surface area contributed by atoms with E-state index in [0.29, 0.717) is 0 Å². The Kier molecular flexibility index (Phi) is 3.69. The molecule has 4 nitrogen and oxygen atoms in total. The van der Waals surface area contributed by atoms with Gasteiger partial charge in [-0.3, -0.25) is 4.98 Å². The van der Waals surface area contributed by atoms with Crippen molar-refractivity contribution >= 4 is 5.82 Å². The summed E-state index contributed by atoms with van der Waals surface area (Å²) in [5.74, 6) is 0.520. The Hall–Kier alpha value is -2.82. The predicted molar refractivity (Wildman–Crippen MR) is 90.8 cm³/mol. The van der Waals surface area contributed by atoms with Crippen LogP contribution in [0.15, 0.2) is 60.9 Å². The fourth-order valence-corrected chi connectivity index (χ4v) is 3.11. The lowest BCUT2D eigenvalue weighted by atomic mass is 9.72. The molecule has 4 rings (SSSR count). The highest BCUT2D eigenvalue weighted by Gasteiger charge is 2.39. The van der Waals surface area contributed by atoms with E-state index in [-0.39, 0.29) is 11.4 Å². The lowest BCUT2D eigenvalue weighted by Gasteiger charge is -2.43. The van der Waals surface area contributed by atoms with E-state index in [1.165, 1.54) is 12.1 Å². The zero-order valence-electron chi connectivity index (χ0n) is 13.1. The fourth-order valence-electron chi connectivity index (χ4n) is 3.11. The molecular weight excluding hydrogens is 303 g/mol. The zero-order valence-corrected chi connectivity index (χ0v) is 13.1. The van der Waals surface area contributed by atoms with Crippen molar-refractivity contribution in [3.63, 3.8) is 0 Å². The molecule has 1 aliphatic rings. The summed E-state index contributed by atoms with van der Waals surface area (Å²) in [5, 5.41) is 12.1. The molecule has 1 N–H and O–H groups in total. The summed E-state index contributed by atoms with van der Waals surface area (Å²) in [6.45, 7) is 0. The van der Waals surface area contributed by atoms with E-state index >= 15 is 0 Å². The van der Waals surface area contributed by atoms with Crippen molar-refractivity contribution in [3.8, 4) is 11.3 Å². The second kappa shape index (κ2) is 6.00. The minimum Gasteiger partial charge on any atom is -0.359 e. The van der Waals surface area contributed by atoms with Gasteiger partial charge < -0.3 is 5.32 Å². The van der Waals surface area contributed by atoms with Gasteiger partial charge in [-0.2, -0.15) is 0 Å². The monoisotopic (exact) mass is 320 g/mol. The first kappa shape index (κ1) is 14.8. The summed E-state index contributed by atoms with van der Waals surface area (Å²) in [5.41, 5.74) is 2.73. The molecule has 1 aromatic carbocycles. The lowest BCUT2D eigenvalue weighted by Crippen LogP contribution is -2.42. The van der Waals surface area contributed by atoms with Crippen LogP contribution in [0.5, 0.6) is 0 Å². The van der Waals surface area contributed by atoms with E-state index in [2.05, 4.69) is 20.5 Å². The molecule has 120 valence electrons. The number of aromatic nitrogens is 3. The average Bonchev–Trinajstić information content (AvgIpc) is 2.60. The number of anilines is 1. The topological polar surface area (TPSA) is 50.7 Å². The highest BCUT2D eigenvalue weighted by molar-refractivity contribution is 5.59. The minimum absolute atomic E-state index is 0.166. The van der Waals surface area contributed by atoms with Crippen LogP contribution in [0.4, 0.5) is 10.2 Å². The summed E-state index contributed by atoms with van der Waals surface area (Å²) >= 11 is 0. The molecule has 0 unspecified atom stereocenters. The number of pyridine rings is 1. The van der Waals surface area contributed by atoms with Crippen molar-refractivity contribution in [1.29, 1.82) is 0 Å². The molecular formula is C19H17FN4. The maximum Gasteiger partial charge on any atom is 0.149 e. The van der Waals surface area contributed by atoms with Crippen LogP contribution in [0.3, 0.4) is 0 Å². The Balaban J connectivity index is 1.57. The second-order valence-electron chi connectivity index (χ2n) is 6.11. The Morgan fingerprint density at radius 1 is 0.875 bits per heavy atom. The maximum atomic E-state index is 13.2. The van der Waals surface area contributed by atoms with E-state index in [1.54, 1.807) is 12.4 Å². The summed E-state index contributed by atoms with van der Waals surface area (Å²) < 4.78 is 13.2. The third-order valence-corrected chi connectivity index (χ3v) is 4.61. The average molecular weight is 320 g/mol. The highest BCUT2D eigenvalue weighted by atomic mass is 19.1. The maximum absolute atomic E-state index is 13.2. The predicted octanol–water partition coefficient (Wildman–Crippen LogP) is 4.17. The van der Waals surface area contributed by atoms with Gasteiger partial charge in [-0.1, -0.05) is 12.1 Å². The largest absolute Gasteiger partial charge is 0.359 e. The van der Waals surface area contributed by atoms with Crippen LogP contribution in [0.25, 0.3) is 11.3 Å². The third-order valence-electron chi connectivity index (χ3n) is 4.61. The number of nitrogens with zero attached hydrogens (tertiary/aromatic N) is 3. The van der Waals surface area contributed by atoms with Crippen LogP contribution in [0, 0.1) is 5.82 Å². The standard InChI is InChI=1S/C19H17FN4/c20-16-4-2-15(3-5-16)19(10-1-11-19)22-18-7-6-17(23-24-18)14-8-12-21-13-9-14/h2-9,12-13H,1,10-11H2,(H,22,24). The van der Waals surface area contributed by atoms with E-state index in [9.17, 15) is 4.39 Å². The molecule has 2 aromatic heterocycles. The molecule has 2 heterocycles. The Bertz CT molecular complexity index is 812. The number of nitrogens with one attached hydrogen (secondary N) is 1. The van der Waals surface area contributed by atoms with E-state index in [1.807, 2.05) is 36.4 Å². The first-order valence-corrected chi connectivity index (χ1v) is 8.04. The molecule has 1 fully saturated rings. The summed E-state index contributed by atoms with van der Waals surface area (Å²) in [6.07, 6.45) is 6.63. The molecule has 24 heavy (non-hydrogen) atoms. The van der Waals surface area contributed by atoms with Crippen LogP contribution in [-0.2, 0) is 5.54 Å². The van der Waals surface area contributed by atoms with Gasteiger partial charge >= 0.3 is 0 Å². The van der Waals surface area contributed by atoms with Crippen LogP contribution in [0.1, 0.15) is 24.8 Å². The van der Waals surface area contributed by atoms with Gasteiger partial charge in [0.15, 0.2) is 0 Å².